The standard InChI is InChI=1S/C14H21N3O/c1-10-8-17(9-13(10)15)11(2)14(18)16-12-6-4-3-5-7-12/h3-7,10-11,13H,8-9,15H2,1-2H3,(H,16,18). The molecule has 1 aromatic rings. The van der Waals surface area contributed by atoms with E-state index in [1.807, 2.05) is 37.3 Å². The van der Waals surface area contributed by atoms with Crippen molar-refractivity contribution in [3.8, 4) is 0 Å². The fourth-order valence-electron chi connectivity index (χ4n) is 2.28. The van der Waals surface area contributed by atoms with E-state index in [1.165, 1.54) is 0 Å². The summed E-state index contributed by atoms with van der Waals surface area (Å²) in [5, 5.41) is 2.93. The lowest BCUT2D eigenvalue weighted by atomic mass is 10.1. The monoisotopic (exact) mass is 247 g/mol. The lowest BCUT2D eigenvalue weighted by Crippen LogP contribution is -2.41. The predicted octanol–water partition coefficient (Wildman–Crippen LogP) is 1.29. The number of carbonyl (C=O) groups is 1. The highest BCUT2D eigenvalue weighted by Gasteiger charge is 2.32. The molecule has 0 bridgehead atoms. The summed E-state index contributed by atoms with van der Waals surface area (Å²) < 4.78 is 0. The van der Waals surface area contributed by atoms with Gasteiger partial charge in [0, 0.05) is 24.8 Å². The first-order chi connectivity index (χ1) is 8.58. The summed E-state index contributed by atoms with van der Waals surface area (Å²) in [4.78, 5) is 14.3. The van der Waals surface area contributed by atoms with E-state index in [0.717, 1.165) is 18.8 Å². The number of nitrogens with one attached hydrogen (secondary N) is 1. The summed E-state index contributed by atoms with van der Waals surface area (Å²) in [6.07, 6.45) is 0. The summed E-state index contributed by atoms with van der Waals surface area (Å²) in [7, 11) is 0. The number of amides is 1. The molecule has 3 unspecified atom stereocenters. The molecule has 3 N–H and O–H groups in total. The van der Waals surface area contributed by atoms with Gasteiger partial charge in [0.1, 0.15) is 0 Å². The molecule has 98 valence electrons. The van der Waals surface area contributed by atoms with Crippen molar-refractivity contribution in [3.05, 3.63) is 30.3 Å². The predicted molar refractivity (Wildman–Crippen MR) is 73.2 cm³/mol. The molecule has 0 aromatic heterocycles. The Bertz CT molecular complexity index is 397. The maximum Gasteiger partial charge on any atom is 0.241 e. The Morgan fingerprint density at radius 1 is 1.39 bits per heavy atom. The molecule has 1 fully saturated rings. The van der Waals surface area contributed by atoms with Crippen LogP contribution in [0.1, 0.15) is 13.8 Å². The minimum absolute atomic E-state index is 0.0301. The highest BCUT2D eigenvalue weighted by atomic mass is 16.2. The highest BCUT2D eigenvalue weighted by molar-refractivity contribution is 5.94. The van der Waals surface area contributed by atoms with Crippen molar-refractivity contribution in [2.45, 2.75) is 25.9 Å². The van der Waals surface area contributed by atoms with E-state index in [4.69, 9.17) is 5.73 Å². The van der Waals surface area contributed by atoms with Crippen LogP contribution >= 0.6 is 0 Å². The summed E-state index contributed by atoms with van der Waals surface area (Å²) in [5.74, 6) is 0.486. The minimum Gasteiger partial charge on any atom is -0.326 e. The lowest BCUT2D eigenvalue weighted by molar-refractivity contribution is -0.120. The van der Waals surface area contributed by atoms with Crippen molar-refractivity contribution in [2.75, 3.05) is 18.4 Å². The third-order valence-electron chi connectivity index (χ3n) is 3.67. The molecule has 1 aliphatic heterocycles. The number of carbonyl (C=O) groups excluding carboxylic acids is 1. The SMILES string of the molecule is CC1CN(C(C)C(=O)Nc2ccccc2)CC1N. The number of hydrogen-bond acceptors (Lipinski definition) is 3. The van der Waals surface area contributed by atoms with E-state index in [0.29, 0.717) is 5.92 Å². The topological polar surface area (TPSA) is 58.4 Å². The molecule has 1 saturated heterocycles. The first kappa shape index (κ1) is 13.1. The van der Waals surface area contributed by atoms with Gasteiger partial charge >= 0.3 is 0 Å². The fourth-order valence-corrected chi connectivity index (χ4v) is 2.28. The summed E-state index contributed by atoms with van der Waals surface area (Å²) in [6, 6.07) is 9.58. The summed E-state index contributed by atoms with van der Waals surface area (Å²) in [6.45, 7) is 5.75. The zero-order chi connectivity index (χ0) is 13.1. The van der Waals surface area contributed by atoms with Crippen molar-refractivity contribution < 1.29 is 4.79 Å². The van der Waals surface area contributed by atoms with Crippen molar-refractivity contribution in [1.29, 1.82) is 0 Å². The van der Waals surface area contributed by atoms with Gasteiger partial charge in [-0.1, -0.05) is 25.1 Å². The fraction of sp³-hybridized carbons (Fsp3) is 0.500. The quantitative estimate of drug-likeness (QED) is 0.846. The number of nitrogens with zero attached hydrogens (tertiary/aromatic N) is 1. The van der Waals surface area contributed by atoms with Gasteiger partial charge in [-0.2, -0.15) is 0 Å². The number of hydrogen-bond donors (Lipinski definition) is 2. The van der Waals surface area contributed by atoms with Gasteiger partial charge in [0.25, 0.3) is 0 Å². The average molecular weight is 247 g/mol. The van der Waals surface area contributed by atoms with Gasteiger partial charge in [0.15, 0.2) is 0 Å². The second kappa shape index (κ2) is 5.50. The molecule has 0 aliphatic carbocycles. The molecule has 4 heteroatoms. The van der Waals surface area contributed by atoms with Crippen LogP contribution in [0.3, 0.4) is 0 Å². The molecule has 2 rings (SSSR count). The van der Waals surface area contributed by atoms with Crippen LogP contribution in [0, 0.1) is 5.92 Å². The highest BCUT2D eigenvalue weighted by Crippen LogP contribution is 2.18. The molecule has 1 aromatic carbocycles. The molecule has 3 atom stereocenters. The van der Waals surface area contributed by atoms with Crippen LogP contribution < -0.4 is 11.1 Å². The maximum atomic E-state index is 12.1. The van der Waals surface area contributed by atoms with Gasteiger partial charge in [-0.05, 0) is 25.0 Å². The van der Waals surface area contributed by atoms with Crippen molar-refractivity contribution in [3.63, 3.8) is 0 Å². The number of nitrogens with two attached hydrogens (primary N) is 1. The van der Waals surface area contributed by atoms with E-state index in [-0.39, 0.29) is 18.0 Å². The van der Waals surface area contributed by atoms with E-state index < -0.39 is 0 Å². The molecule has 1 heterocycles. The third-order valence-corrected chi connectivity index (χ3v) is 3.67. The maximum absolute atomic E-state index is 12.1. The molecule has 1 aliphatic rings. The first-order valence-electron chi connectivity index (χ1n) is 6.43. The molecule has 0 spiro atoms. The van der Waals surface area contributed by atoms with Crippen LogP contribution in [-0.4, -0.2) is 36.0 Å². The van der Waals surface area contributed by atoms with E-state index in [9.17, 15) is 4.79 Å². The lowest BCUT2D eigenvalue weighted by Gasteiger charge is -2.23. The van der Waals surface area contributed by atoms with Crippen LogP contribution in [0.2, 0.25) is 0 Å². The number of rotatable bonds is 3. The van der Waals surface area contributed by atoms with E-state index >= 15 is 0 Å². The molecule has 1 amide bonds. The molecular formula is C14H21N3O. The van der Waals surface area contributed by atoms with E-state index in [2.05, 4.69) is 17.1 Å². The Morgan fingerprint density at radius 2 is 2.06 bits per heavy atom. The Hall–Kier alpha value is -1.39. The normalized spacial score (nSPS) is 25.9. The van der Waals surface area contributed by atoms with Gasteiger partial charge in [0.2, 0.25) is 5.91 Å². The number of para-hydroxylation sites is 1. The number of anilines is 1. The largest absolute Gasteiger partial charge is 0.326 e. The van der Waals surface area contributed by atoms with Crippen LogP contribution in [0.5, 0.6) is 0 Å². The Balaban J connectivity index is 1.93. The van der Waals surface area contributed by atoms with Gasteiger partial charge < -0.3 is 11.1 Å². The molecular weight excluding hydrogens is 226 g/mol. The van der Waals surface area contributed by atoms with Gasteiger partial charge in [-0.3, -0.25) is 9.69 Å². The van der Waals surface area contributed by atoms with Gasteiger partial charge in [0.05, 0.1) is 6.04 Å². The molecule has 0 radical (unpaired) electrons. The molecule has 18 heavy (non-hydrogen) atoms. The van der Waals surface area contributed by atoms with Gasteiger partial charge in [-0.15, -0.1) is 0 Å². The number of benzene rings is 1. The summed E-state index contributed by atoms with van der Waals surface area (Å²) in [5.41, 5.74) is 6.82. The number of likely N-dealkylation sites (tertiary alicyclic amines) is 1. The Kier molecular flexibility index (Phi) is 3.99. The summed E-state index contributed by atoms with van der Waals surface area (Å²) >= 11 is 0. The smallest absolute Gasteiger partial charge is 0.241 e. The first-order valence-corrected chi connectivity index (χ1v) is 6.43. The minimum atomic E-state index is -0.138. The second-order valence-electron chi connectivity index (χ2n) is 5.13. The zero-order valence-electron chi connectivity index (χ0n) is 11.0. The third kappa shape index (κ3) is 2.89. The van der Waals surface area contributed by atoms with Crippen LogP contribution in [-0.2, 0) is 4.79 Å². The van der Waals surface area contributed by atoms with Crippen molar-refractivity contribution in [2.24, 2.45) is 11.7 Å². The Morgan fingerprint density at radius 3 is 2.61 bits per heavy atom. The van der Waals surface area contributed by atoms with Crippen molar-refractivity contribution >= 4 is 11.6 Å². The average Bonchev–Trinajstić information content (AvgIpc) is 2.70. The zero-order valence-corrected chi connectivity index (χ0v) is 11.0. The molecule has 4 nitrogen and oxygen atoms in total. The van der Waals surface area contributed by atoms with Crippen LogP contribution in [0.15, 0.2) is 30.3 Å². The van der Waals surface area contributed by atoms with Gasteiger partial charge in [-0.25, -0.2) is 0 Å². The van der Waals surface area contributed by atoms with Crippen LogP contribution in [0.4, 0.5) is 5.69 Å². The molecule has 0 saturated carbocycles. The van der Waals surface area contributed by atoms with Crippen LogP contribution in [0.25, 0.3) is 0 Å². The van der Waals surface area contributed by atoms with E-state index in [1.54, 1.807) is 0 Å². The Labute approximate surface area is 108 Å². The van der Waals surface area contributed by atoms with Crippen molar-refractivity contribution in [1.82, 2.24) is 4.90 Å². The second-order valence-corrected chi connectivity index (χ2v) is 5.13.